The SMILES string of the molecule is CC(C)(C)[C@H]1NC(=O)C[C@@H](C(=O)O)N1C(=O)c1ccccc1. The second-order valence-corrected chi connectivity index (χ2v) is 6.47. The van der Waals surface area contributed by atoms with Crippen molar-refractivity contribution in [1.29, 1.82) is 0 Å². The van der Waals surface area contributed by atoms with Gasteiger partial charge in [0.15, 0.2) is 0 Å². The highest BCUT2D eigenvalue weighted by molar-refractivity contribution is 5.99. The van der Waals surface area contributed by atoms with Gasteiger partial charge in [0.2, 0.25) is 5.91 Å². The largest absolute Gasteiger partial charge is 0.480 e. The third kappa shape index (κ3) is 3.10. The van der Waals surface area contributed by atoms with Crippen LogP contribution in [0.5, 0.6) is 0 Å². The first-order valence-electron chi connectivity index (χ1n) is 7.11. The number of hydrogen-bond donors (Lipinski definition) is 2. The van der Waals surface area contributed by atoms with Crippen LogP contribution in [0, 0.1) is 5.41 Å². The van der Waals surface area contributed by atoms with Crippen LogP contribution in [0.15, 0.2) is 30.3 Å². The van der Waals surface area contributed by atoms with E-state index in [1.54, 1.807) is 30.3 Å². The standard InChI is InChI=1S/C16H20N2O4/c1-16(2,3)15-17-12(19)9-11(14(21)22)18(15)13(20)10-7-5-4-6-8-10/h4-8,11,15H,9H2,1-3H3,(H,17,19)(H,21,22)/t11-,15-/m0/s1. The summed E-state index contributed by atoms with van der Waals surface area (Å²) in [7, 11) is 0. The lowest BCUT2D eigenvalue weighted by Crippen LogP contribution is -2.66. The highest BCUT2D eigenvalue weighted by Gasteiger charge is 2.46. The first-order valence-corrected chi connectivity index (χ1v) is 7.11. The average molecular weight is 304 g/mol. The number of amides is 2. The smallest absolute Gasteiger partial charge is 0.327 e. The minimum absolute atomic E-state index is 0.236. The highest BCUT2D eigenvalue weighted by Crippen LogP contribution is 2.29. The zero-order valence-electron chi connectivity index (χ0n) is 12.9. The molecule has 6 nitrogen and oxygen atoms in total. The van der Waals surface area contributed by atoms with Crippen LogP contribution in [-0.4, -0.2) is 40.0 Å². The van der Waals surface area contributed by atoms with Crippen molar-refractivity contribution in [3.05, 3.63) is 35.9 Å². The molecule has 22 heavy (non-hydrogen) atoms. The monoisotopic (exact) mass is 304 g/mol. The first kappa shape index (κ1) is 16.0. The Hall–Kier alpha value is -2.37. The number of benzene rings is 1. The summed E-state index contributed by atoms with van der Waals surface area (Å²) in [6.45, 7) is 5.56. The second kappa shape index (κ2) is 5.79. The van der Waals surface area contributed by atoms with Crippen LogP contribution in [0.3, 0.4) is 0 Å². The molecular formula is C16H20N2O4. The Bertz CT molecular complexity index is 592. The predicted octanol–water partition coefficient (Wildman–Crippen LogP) is 1.47. The van der Waals surface area contributed by atoms with Crippen molar-refractivity contribution >= 4 is 17.8 Å². The van der Waals surface area contributed by atoms with Crippen LogP contribution < -0.4 is 5.32 Å². The van der Waals surface area contributed by atoms with Crippen molar-refractivity contribution < 1.29 is 19.5 Å². The number of aliphatic carboxylic acids is 1. The van der Waals surface area contributed by atoms with Gasteiger partial charge in [-0.3, -0.25) is 9.59 Å². The summed E-state index contributed by atoms with van der Waals surface area (Å²) in [4.78, 5) is 37.4. The van der Waals surface area contributed by atoms with Gasteiger partial charge in [-0.25, -0.2) is 4.79 Å². The maximum absolute atomic E-state index is 12.8. The predicted molar refractivity (Wildman–Crippen MR) is 80.0 cm³/mol. The van der Waals surface area contributed by atoms with Crippen LogP contribution in [0.1, 0.15) is 37.6 Å². The molecule has 1 aromatic carbocycles. The molecule has 118 valence electrons. The number of carboxylic acid groups (broad SMARTS) is 1. The van der Waals surface area contributed by atoms with Crippen molar-refractivity contribution in [2.24, 2.45) is 5.41 Å². The fourth-order valence-electron chi connectivity index (χ4n) is 2.56. The fraction of sp³-hybridized carbons (Fsp3) is 0.438. The Labute approximate surface area is 129 Å². The lowest BCUT2D eigenvalue weighted by Gasteiger charge is -2.46. The molecule has 2 N–H and O–H groups in total. The molecule has 1 aliphatic heterocycles. The van der Waals surface area contributed by atoms with Gasteiger partial charge < -0.3 is 15.3 Å². The molecule has 2 atom stereocenters. The summed E-state index contributed by atoms with van der Waals surface area (Å²) in [5, 5.41) is 12.2. The number of nitrogens with one attached hydrogen (secondary N) is 1. The van der Waals surface area contributed by atoms with Gasteiger partial charge >= 0.3 is 5.97 Å². The number of carbonyl (C=O) groups is 3. The number of carbonyl (C=O) groups excluding carboxylic acids is 2. The maximum atomic E-state index is 12.8. The van der Waals surface area contributed by atoms with Gasteiger partial charge in [-0.1, -0.05) is 39.0 Å². The van der Waals surface area contributed by atoms with E-state index < -0.39 is 29.5 Å². The van der Waals surface area contributed by atoms with Crippen molar-refractivity contribution in [3.63, 3.8) is 0 Å². The average Bonchev–Trinajstić information content (AvgIpc) is 2.45. The van der Waals surface area contributed by atoms with Crippen LogP contribution in [0.2, 0.25) is 0 Å². The van der Waals surface area contributed by atoms with Gasteiger partial charge in [-0.2, -0.15) is 0 Å². The van der Waals surface area contributed by atoms with Gasteiger partial charge in [-0.05, 0) is 12.1 Å². The third-order valence-electron chi connectivity index (χ3n) is 3.65. The van der Waals surface area contributed by atoms with Gasteiger partial charge in [0.25, 0.3) is 5.91 Å². The van der Waals surface area contributed by atoms with Crippen molar-refractivity contribution in [1.82, 2.24) is 10.2 Å². The third-order valence-corrected chi connectivity index (χ3v) is 3.65. The lowest BCUT2D eigenvalue weighted by atomic mass is 9.87. The molecule has 1 aromatic rings. The maximum Gasteiger partial charge on any atom is 0.327 e. The summed E-state index contributed by atoms with van der Waals surface area (Å²) in [5.74, 6) is -1.93. The molecule has 0 radical (unpaired) electrons. The minimum atomic E-state index is -1.17. The topological polar surface area (TPSA) is 86.7 Å². The quantitative estimate of drug-likeness (QED) is 0.866. The van der Waals surface area contributed by atoms with E-state index >= 15 is 0 Å². The molecule has 1 heterocycles. The number of hydrogen-bond acceptors (Lipinski definition) is 3. The Kier molecular flexibility index (Phi) is 4.21. The zero-order chi connectivity index (χ0) is 16.5. The Morgan fingerprint density at radius 2 is 1.82 bits per heavy atom. The van der Waals surface area contributed by atoms with E-state index in [4.69, 9.17) is 0 Å². The van der Waals surface area contributed by atoms with E-state index in [-0.39, 0.29) is 12.3 Å². The van der Waals surface area contributed by atoms with E-state index in [0.717, 1.165) is 0 Å². The van der Waals surface area contributed by atoms with E-state index in [1.807, 2.05) is 20.8 Å². The van der Waals surface area contributed by atoms with Crippen molar-refractivity contribution in [3.8, 4) is 0 Å². The molecule has 1 aliphatic rings. The number of rotatable bonds is 2. The Morgan fingerprint density at radius 1 is 1.23 bits per heavy atom. The van der Waals surface area contributed by atoms with Crippen LogP contribution in [0.4, 0.5) is 0 Å². The molecule has 2 amide bonds. The molecule has 0 spiro atoms. The normalized spacial score (nSPS) is 22.1. The summed E-state index contributed by atoms with van der Waals surface area (Å²) in [6.07, 6.45) is -0.914. The lowest BCUT2D eigenvalue weighted by molar-refractivity contribution is -0.151. The van der Waals surface area contributed by atoms with Crippen molar-refractivity contribution in [2.45, 2.75) is 39.4 Å². The van der Waals surface area contributed by atoms with E-state index in [9.17, 15) is 19.5 Å². The number of carboxylic acids is 1. The number of nitrogens with zero attached hydrogens (tertiary/aromatic N) is 1. The van der Waals surface area contributed by atoms with E-state index in [0.29, 0.717) is 5.56 Å². The van der Waals surface area contributed by atoms with Crippen LogP contribution >= 0.6 is 0 Å². The molecule has 0 aliphatic carbocycles. The van der Waals surface area contributed by atoms with E-state index in [1.165, 1.54) is 4.90 Å². The van der Waals surface area contributed by atoms with E-state index in [2.05, 4.69) is 5.32 Å². The molecule has 2 rings (SSSR count). The molecule has 0 bridgehead atoms. The highest BCUT2D eigenvalue weighted by atomic mass is 16.4. The molecule has 6 heteroatoms. The molecular weight excluding hydrogens is 284 g/mol. The fourth-order valence-corrected chi connectivity index (χ4v) is 2.56. The molecule has 0 aromatic heterocycles. The van der Waals surface area contributed by atoms with Gasteiger partial charge in [0.1, 0.15) is 12.2 Å². The van der Waals surface area contributed by atoms with Crippen molar-refractivity contribution in [2.75, 3.05) is 0 Å². The molecule has 1 saturated heterocycles. The summed E-state index contributed by atoms with van der Waals surface area (Å²) < 4.78 is 0. The van der Waals surface area contributed by atoms with Crippen LogP contribution in [-0.2, 0) is 9.59 Å². The van der Waals surface area contributed by atoms with Gasteiger partial charge in [-0.15, -0.1) is 0 Å². The summed E-state index contributed by atoms with van der Waals surface area (Å²) >= 11 is 0. The van der Waals surface area contributed by atoms with Crippen LogP contribution in [0.25, 0.3) is 0 Å². The Morgan fingerprint density at radius 3 is 2.32 bits per heavy atom. The first-order chi connectivity index (χ1) is 10.2. The molecule has 0 saturated carbocycles. The minimum Gasteiger partial charge on any atom is -0.480 e. The van der Waals surface area contributed by atoms with Gasteiger partial charge in [0, 0.05) is 11.0 Å². The summed E-state index contributed by atoms with van der Waals surface area (Å²) in [5.41, 5.74) is -0.0899. The molecule has 1 fully saturated rings. The Balaban J connectivity index is 2.46. The zero-order valence-corrected chi connectivity index (χ0v) is 12.9. The molecule has 0 unspecified atom stereocenters. The summed E-state index contributed by atoms with van der Waals surface area (Å²) in [6, 6.07) is 7.33. The van der Waals surface area contributed by atoms with Gasteiger partial charge in [0.05, 0.1) is 6.42 Å². The second-order valence-electron chi connectivity index (χ2n) is 6.47.